The van der Waals surface area contributed by atoms with E-state index in [1.54, 1.807) is 11.8 Å². The third-order valence-corrected chi connectivity index (χ3v) is 6.55. The normalized spacial score (nSPS) is 15.7. The van der Waals surface area contributed by atoms with Gasteiger partial charge in [0.2, 0.25) is 0 Å². The first kappa shape index (κ1) is 25.2. The third-order valence-electron chi connectivity index (χ3n) is 6.55. The maximum atomic E-state index is 12.6. The summed E-state index contributed by atoms with van der Waals surface area (Å²) in [7, 11) is 0. The maximum Gasteiger partial charge on any atom is 0.341 e. The second-order valence-electron chi connectivity index (χ2n) is 9.02. The molecule has 0 unspecified atom stereocenters. The number of rotatable bonds is 7. The van der Waals surface area contributed by atoms with E-state index in [2.05, 4.69) is 0 Å². The highest BCUT2D eigenvalue weighted by molar-refractivity contribution is 5.93. The van der Waals surface area contributed by atoms with Crippen LogP contribution in [0.25, 0.3) is 0 Å². The van der Waals surface area contributed by atoms with Gasteiger partial charge in [-0.05, 0) is 54.3 Å². The molecular formula is C26H34N6O4. The van der Waals surface area contributed by atoms with Gasteiger partial charge in [-0.2, -0.15) is 0 Å². The van der Waals surface area contributed by atoms with Crippen molar-refractivity contribution in [3.05, 3.63) is 58.7 Å². The minimum absolute atomic E-state index is 0.0318. The highest BCUT2D eigenvalue weighted by atomic mass is 16.5. The summed E-state index contributed by atoms with van der Waals surface area (Å²) in [6.07, 6.45) is 2.43. The number of guanidine groups is 2. The number of ether oxygens (including phenoxy) is 3. The molecule has 10 nitrogen and oxygen atoms in total. The summed E-state index contributed by atoms with van der Waals surface area (Å²) < 4.78 is 17.4. The van der Waals surface area contributed by atoms with Gasteiger partial charge in [0.05, 0.1) is 6.61 Å². The molecule has 2 aliphatic heterocycles. The first-order valence-electron chi connectivity index (χ1n) is 12.2. The Morgan fingerprint density at radius 3 is 2.33 bits per heavy atom. The lowest BCUT2D eigenvalue weighted by atomic mass is 9.96. The summed E-state index contributed by atoms with van der Waals surface area (Å²) in [5, 5.41) is 15.3. The first-order valence-corrected chi connectivity index (χ1v) is 12.2. The van der Waals surface area contributed by atoms with E-state index in [0.717, 1.165) is 48.4 Å². The summed E-state index contributed by atoms with van der Waals surface area (Å²) >= 11 is 0. The van der Waals surface area contributed by atoms with Crippen LogP contribution in [0.5, 0.6) is 11.5 Å². The zero-order valence-corrected chi connectivity index (χ0v) is 20.6. The number of nitrogens with zero attached hydrogens (tertiary/aromatic N) is 2. The Bertz CT molecular complexity index is 1110. The molecule has 0 aromatic heterocycles. The Balaban J connectivity index is 1.41. The fourth-order valence-corrected chi connectivity index (χ4v) is 4.51. The van der Waals surface area contributed by atoms with Crippen molar-refractivity contribution < 1.29 is 19.0 Å². The predicted molar refractivity (Wildman–Crippen MR) is 136 cm³/mol. The number of hydrogen-bond donors (Lipinski definition) is 4. The standard InChI is InChI=1S/C26H34N6O4/c1-2-34-24(33)22-13-18-7-10-32(26(29)30)15-19(18)14-23(22)35-16-17-3-5-20(6-4-17)36-21-8-11-31(12-9-21)25(27)28/h3-6,13-14,21H,2,7-12,15-16H2,1H3,(H3,27,28)(H3,29,30). The second kappa shape index (κ2) is 11.2. The summed E-state index contributed by atoms with van der Waals surface area (Å²) in [4.78, 5) is 16.3. The Kier molecular flexibility index (Phi) is 7.82. The monoisotopic (exact) mass is 494 g/mol. The Hall–Kier alpha value is -3.95. The molecule has 36 heavy (non-hydrogen) atoms. The van der Waals surface area contributed by atoms with E-state index in [4.69, 9.17) is 36.5 Å². The van der Waals surface area contributed by atoms with E-state index in [1.165, 1.54) is 0 Å². The van der Waals surface area contributed by atoms with Crippen LogP contribution in [0.3, 0.4) is 0 Å². The summed E-state index contributed by atoms with van der Waals surface area (Å²) in [5.41, 5.74) is 14.6. The van der Waals surface area contributed by atoms with Crippen LogP contribution in [-0.2, 0) is 24.3 Å². The van der Waals surface area contributed by atoms with E-state index in [0.29, 0.717) is 30.8 Å². The molecule has 10 heteroatoms. The van der Waals surface area contributed by atoms with Crippen molar-refractivity contribution >= 4 is 17.9 Å². The second-order valence-corrected chi connectivity index (χ2v) is 9.02. The Labute approximate surface area is 211 Å². The van der Waals surface area contributed by atoms with Crippen molar-refractivity contribution in [2.75, 3.05) is 26.2 Å². The van der Waals surface area contributed by atoms with Crippen molar-refractivity contribution in [2.45, 2.75) is 45.4 Å². The lowest BCUT2D eigenvalue weighted by molar-refractivity contribution is 0.0521. The van der Waals surface area contributed by atoms with Crippen LogP contribution < -0.4 is 20.9 Å². The molecule has 6 N–H and O–H groups in total. The molecule has 0 aliphatic carbocycles. The number of carbonyl (C=O) groups excluding carboxylic acids is 1. The maximum absolute atomic E-state index is 12.6. The Morgan fingerprint density at radius 1 is 1.00 bits per heavy atom. The van der Waals surface area contributed by atoms with Gasteiger partial charge in [0, 0.05) is 39.0 Å². The number of piperidine rings is 1. The third kappa shape index (κ3) is 5.99. The van der Waals surface area contributed by atoms with Crippen LogP contribution in [0.15, 0.2) is 36.4 Å². The molecule has 2 heterocycles. The van der Waals surface area contributed by atoms with Crippen molar-refractivity contribution in [2.24, 2.45) is 11.5 Å². The number of fused-ring (bicyclic) bond motifs is 1. The van der Waals surface area contributed by atoms with Crippen LogP contribution in [-0.4, -0.2) is 60.0 Å². The van der Waals surface area contributed by atoms with Gasteiger partial charge in [-0.25, -0.2) is 4.79 Å². The number of nitrogens with two attached hydrogens (primary N) is 2. The zero-order chi connectivity index (χ0) is 25.7. The molecular weight excluding hydrogens is 460 g/mol. The molecule has 2 aromatic carbocycles. The quantitative estimate of drug-likeness (QED) is 0.260. The topological polar surface area (TPSA) is 151 Å². The number of carbonyl (C=O) groups is 1. The number of hydrogen-bond acceptors (Lipinski definition) is 6. The smallest absolute Gasteiger partial charge is 0.341 e. The highest BCUT2D eigenvalue weighted by Crippen LogP contribution is 2.30. The number of benzene rings is 2. The predicted octanol–water partition coefficient (Wildman–Crippen LogP) is 2.43. The van der Waals surface area contributed by atoms with Crippen molar-refractivity contribution in [3.8, 4) is 11.5 Å². The van der Waals surface area contributed by atoms with Gasteiger partial charge in [-0.1, -0.05) is 12.1 Å². The number of likely N-dealkylation sites (tertiary alicyclic amines) is 1. The van der Waals surface area contributed by atoms with Crippen molar-refractivity contribution in [3.63, 3.8) is 0 Å². The molecule has 1 fully saturated rings. The van der Waals surface area contributed by atoms with Gasteiger partial charge >= 0.3 is 5.97 Å². The fraction of sp³-hybridized carbons (Fsp3) is 0.423. The van der Waals surface area contributed by atoms with Crippen LogP contribution >= 0.6 is 0 Å². The molecule has 2 aliphatic rings. The zero-order valence-electron chi connectivity index (χ0n) is 20.6. The largest absolute Gasteiger partial charge is 0.490 e. The minimum Gasteiger partial charge on any atom is -0.490 e. The van der Waals surface area contributed by atoms with Crippen LogP contribution in [0.4, 0.5) is 0 Å². The first-order chi connectivity index (χ1) is 17.3. The fourth-order valence-electron chi connectivity index (χ4n) is 4.51. The summed E-state index contributed by atoms with van der Waals surface area (Å²) in [6.45, 7) is 4.91. The van der Waals surface area contributed by atoms with Gasteiger partial charge in [-0.15, -0.1) is 0 Å². The molecule has 0 atom stereocenters. The van der Waals surface area contributed by atoms with Crippen molar-refractivity contribution in [1.82, 2.24) is 9.80 Å². The van der Waals surface area contributed by atoms with E-state index >= 15 is 0 Å². The van der Waals surface area contributed by atoms with Gasteiger partial charge in [0.1, 0.15) is 29.8 Å². The van der Waals surface area contributed by atoms with E-state index in [1.807, 2.05) is 41.3 Å². The van der Waals surface area contributed by atoms with E-state index in [-0.39, 0.29) is 31.2 Å². The van der Waals surface area contributed by atoms with Crippen LogP contribution in [0.1, 0.15) is 46.8 Å². The van der Waals surface area contributed by atoms with Gasteiger partial charge in [0.25, 0.3) is 0 Å². The number of nitrogens with one attached hydrogen (secondary N) is 2. The molecule has 2 aromatic rings. The molecule has 0 spiro atoms. The lowest BCUT2D eigenvalue weighted by Gasteiger charge is -2.32. The molecule has 0 amide bonds. The van der Waals surface area contributed by atoms with Gasteiger partial charge in [0.15, 0.2) is 11.9 Å². The lowest BCUT2D eigenvalue weighted by Crippen LogP contribution is -2.44. The average Bonchev–Trinajstić information content (AvgIpc) is 2.87. The molecule has 0 bridgehead atoms. The van der Waals surface area contributed by atoms with Gasteiger partial charge < -0.3 is 35.5 Å². The van der Waals surface area contributed by atoms with Gasteiger partial charge in [-0.3, -0.25) is 10.8 Å². The average molecular weight is 495 g/mol. The van der Waals surface area contributed by atoms with Crippen LogP contribution in [0, 0.1) is 10.8 Å². The minimum atomic E-state index is -0.413. The molecule has 192 valence electrons. The summed E-state index contributed by atoms with van der Waals surface area (Å²) in [6, 6.07) is 11.4. The Morgan fingerprint density at radius 2 is 1.69 bits per heavy atom. The van der Waals surface area contributed by atoms with Crippen LogP contribution in [0.2, 0.25) is 0 Å². The highest BCUT2D eigenvalue weighted by Gasteiger charge is 2.24. The SMILES string of the molecule is CCOC(=O)c1cc2c(cc1OCc1ccc(OC3CCN(C(=N)N)CC3)cc1)CN(C(=N)N)CC2. The molecule has 1 saturated heterocycles. The molecule has 0 radical (unpaired) electrons. The van der Waals surface area contributed by atoms with Crippen molar-refractivity contribution in [1.29, 1.82) is 10.8 Å². The molecule has 0 saturated carbocycles. The number of esters is 1. The van der Waals surface area contributed by atoms with E-state index in [9.17, 15) is 4.79 Å². The summed E-state index contributed by atoms with van der Waals surface area (Å²) in [5.74, 6) is 0.965. The van der Waals surface area contributed by atoms with E-state index < -0.39 is 5.97 Å². The molecule has 4 rings (SSSR count).